The van der Waals surface area contributed by atoms with Crippen molar-refractivity contribution in [1.29, 1.82) is 0 Å². The Hall–Kier alpha value is -3.93. The molecule has 1 fully saturated rings. The number of amides is 2. The van der Waals surface area contributed by atoms with E-state index in [1.807, 2.05) is 31.2 Å². The molecule has 0 spiro atoms. The number of aliphatic hydroxyl groups is 1. The number of aliphatic hydroxyl groups excluding tert-OH is 1. The Kier molecular flexibility index (Phi) is 7.65. The molecule has 0 saturated carbocycles. The number of benzene rings is 2. The van der Waals surface area contributed by atoms with Crippen LogP contribution in [0.1, 0.15) is 47.3 Å². The molecule has 4 heterocycles. The van der Waals surface area contributed by atoms with Crippen molar-refractivity contribution in [1.82, 2.24) is 20.2 Å². The maximum absolute atomic E-state index is 13.5. The van der Waals surface area contributed by atoms with Crippen LogP contribution in [-0.4, -0.2) is 70.5 Å². The van der Waals surface area contributed by atoms with Crippen molar-refractivity contribution >= 4 is 29.4 Å². The molecule has 2 amide bonds. The Morgan fingerprint density at radius 1 is 1.17 bits per heavy atom. The molecule has 0 aliphatic carbocycles. The van der Waals surface area contributed by atoms with Crippen LogP contribution in [0.3, 0.4) is 0 Å². The van der Waals surface area contributed by atoms with Gasteiger partial charge in [-0.05, 0) is 49.1 Å². The SMILES string of the molecule is CC(NC(=O)C(CO)N1Cc2ccc(-c3nc(NC4CCOCC4)ncc3Cl)cc2C1=O)c1ccc2c(c1)OCO2. The quantitative estimate of drug-likeness (QED) is 0.367. The third-order valence-corrected chi connectivity index (χ3v) is 7.90. The zero-order chi connectivity index (χ0) is 28.5. The summed E-state index contributed by atoms with van der Waals surface area (Å²) in [5.41, 5.74) is 3.15. The lowest BCUT2D eigenvalue weighted by Crippen LogP contribution is -2.49. The van der Waals surface area contributed by atoms with Gasteiger partial charge in [0.2, 0.25) is 18.6 Å². The monoisotopic (exact) mass is 579 g/mol. The van der Waals surface area contributed by atoms with Crippen LogP contribution in [0, 0.1) is 0 Å². The number of nitrogens with one attached hydrogen (secondary N) is 2. The summed E-state index contributed by atoms with van der Waals surface area (Å²) in [5, 5.41) is 16.8. The summed E-state index contributed by atoms with van der Waals surface area (Å²) in [6.45, 7) is 3.03. The second kappa shape index (κ2) is 11.5. The Labute approximate surface area is 241 Å². The van der Waals surface area contributed by atoms with E-state index in [9.17, 15) is 14.7 Å². The molecule has 3 N–H and O–H groups in total. The van der Waals surface area contributed by atoms with Gasteiger partial charge in [0, 0.05) is 36.9 Å². The highest BCUT2D eigenvalue weighted by molar-refractivity contribution is 6.33. The first-order valence-corrected chi connectivity index (χ1v) is 13.9. The van der Waals surface area contributed by atoms with Crippen molar-refractivity contribution < 1.29 is 28.9 Å². The maximum atomic E-state index is 13.5. The minimum Gasteiger partial charge on any atom is -0.454 e. The second-order valence-corrected chi connectivity index (χ2v) is 10.7. The molecular weight excluding hydrogens is 550 g/mol. The molecule has 2 unspecified atom stereocenters. The maximum Gasteiger partial charge on any atom is 0.255 e. The second-order valence-electron chi connectivity index (χ2n) is 10.3. The lowest BCUT2D eigenvalue weighted by atomic mass is 10.0. The minimum atomic E-state index is -1.06. The molecule has 2 atom stereocenters. The molecule has 0 bridgehead atoms. The molecule has 0 radical (unpaired) electrons. The van der Waals surface area contributed by atoms with Crippen LogP contribution in [0.4, 0.5) is 5.95 Å². The van der Waals surface area contributed by atoms with Crippen LogP contribution in [0.2, 0.25) is 5.02 Å². The van der Waals surface area contributed by atoms with Gasteiger partial charge in [-0.15, -0.1) is 0 Å². The lowest BCUT2D eigenvalue weighted by Gasteiger charge is -2.27. The van der Waals surface area contributed by atoms with Crippen molar-refractivity contribution in [3.05, 3.63) is 64.3 Å². The summed E-state index contributed by atoms with van der Waals surface area (Å²) in [6.07, 6.45) is 3.26. The largest absolute Gasteiger partial charge is 0.454 e. The van der Waals surface area contributed by atoms with Crippen molar-refractivity contribution in [2.75, 3.05) is 31.9 Å². The van der Waals surface area contributed by atoms with Crippen molar-refractivity contribution in [3.63, 3.8) is 0 Å². The molecule has 1 aromatic heterocycles. The average molecular weight is 580 g/mol. The van der Waals surface area contributed by atoms with Gasteiger partial charge in [-0.3, -0.25) is 9.59 Å². The zero-order valence-corrected chi connectivity index (χ0v) is 23.2. The number of halogens is 1. The van der Waals surface area contributed by atoms with E-state index >= 15 is 0 Å². The highest BCUT2D eigenvalue weighted by Crippen LogP contribution is 2.35. The summed E-state index contributed by atoms with van der Waals surface area (Å²) in [4.78, 5) is 37.1. The molecule has 11 nitrogen and oxygen atoms in total. The molecule has 41 heavy (non-hydrogen) atoms. The topological polar surface area (TPSA) is 135 Å². The molecular formula is C29H30ClN5O6. The first kappa shape index (κ1) is 27.3. The van der Waals surface area contributed by atoms with Gasteiger partial charge in [-0.2, -0.15) is 0 Å². The number of fused-ring (bicyclic) bond motifs is 2. The number of carbonyl (C=O) groups excluding carboxylic acids is 2. The predicted molar refractivity (Wildman–Crippen MR) is 150 cm³/mol. The first-order chi connectivity index (χ1) is 19.9. The van der Waals surface area contributed by atoms with Crippen LogP contribution >= 0.6 is 11.6 Å². The highest BCUT2D eigenvalue weighted by Gasteiger charge is 2.37. The van der Waals surface area contributed by atoms with Crippen LogP contribution < -0.4 is 20.1 Å². The summed E-state index contributed by atoms with van der Waals surface area (Å²) in [6, 6.07) is 9.60. The van der Waals surface area contributed by atoms with E-state index in [0.717, 1.165) is 24.0 Å². The molecule has 1 saturated heterocycles. The van der Waals surface area contributed by atoms with E-state index in [1.165, 1.54) is 4.90 Å². The molecule has 3 aliphatic rings. The highest BCUT2D eigenvalue weighted by atomic mass is 35.5. The number of aromatic nitrogens is 2. The Morgan fingerprint density at radius 3 is 2.78 bits per heavy atom. The molecule has 3 aromatic rings. The minimum absolute atomic E-state index is 0.156. The summed E-state index contributed by atoms with van der Waals surface area (Å²) < 4.78 is 16.2. The van der Waals surface area contributed by atoms with Gasteiger partial charge in [0.1, 0.15) is 6.04 Å². The fraction of sp³-hybridized carbons (Fsp3) is 0.379. The summed E-state index contributed by atoms with van der Waals surface area (Å²) in [5.74, 6) is 0.909. The number of anilines is 1. The zero-order valence-electron chi connectivity index (χ0n) is 22.4. The first-order valence-electron chi connectivity index (χ1n) is 13.5. The van der Waals surface area contributed by atoms with Crippen LogP contribution in [0.5, 0.6) is 11.5 Å². The molecule has 6 rings (SSSR count). The van der Waals surface area contributed by atoms with Crippen molar-refractivity contribution in [2.45, 2.75) is 44.4 Å². The van der Waals surface area contributed by atoms with E-state index < -0.39 is 18.6 Å². The van der Waals surface area contributed by atoms with Crippen LogP contribution in [0.25, 0.3) is 11.3 Å². The number of nitrogens with zero attached hydrogens (tertiary/aromatic N) is 3. The van der Waals surface area contributed by atoms with E-state index in [-0.39, 0.29) is 31.3 Å². The van der Waals surface area contributed by atoms with E-state index in [4.69, 9.17) is 25.8 Å². The number of ether oxygens (including phenoxy) is 3. The third-order valence-electron chi connectivity index (χ3n) is 7.62. The van der Waals surface area contributed by atoms with Gasteiger partial charge < -0.3 is 34.9 Å². The predicted octanol–water partition coefficient (Wildman–Crippen LogP) is 3.31. The molecule has 2 aromatic carbocycles. The number of hydrogen-bond donors (Lipinski definition) is 3. The van der Waals surface area contributed by atoms with E-state index in [0.29, 0.717) is 52.5 Å². The summed E-state index contributed by atoms with van der Waals surface area (Å²) >= 11 is 6.47. The Morgan fingerprint density at radius 2 is 1.98 bits per heavy atom. The van der Waals surface area contributed by atoms with Gasteiger partial charge in [0.05, 0.1) is 29.6 Å². The lowest BCUT2D eigenvalue weighted by molar-refractivity contribution is -0.127. The van der Waals surface area contributed by atoms with Crippen LogP contribution in [0.15, 0.2) is 42.6 Å². The molecule has 3 aliphatic heterocycles. The standard InChI is InChI=1S/C29H30ClN5O6/c1-16(17-4-5-24-25(11-17)41-15-40-24)32-27(37)23(14-36)35-13-19-3-2-18(10-21(19)28(35)38)26-22(30)12-31-29(34-26)33-20-6-8-39-9-7-20/h2-5,10-12,16,20,23,36H,6-9,13-15H2,1H3,(H,32,37)(H,31,33,34). The van der Waals surface area contributed by atoms with Crippen LogP contribution in [-0.2, 0) is 16.1 Å². The fourth-order valence-electron chi connectivity index (χ4n) is 5.28. The fourth-order valence-corrected chi connectivity index (χ4v) is 5.48. The van der Waals surface area contributed by atoms with Gasteiger partial charge in [-0.25, -0.2) is 9.97 Å². The van der Waals surface area contributed by atoms with Crippen molar-refractivity contribution in [3.8, 4) is 22.8 Å². The molecule has 12 heteroatoms. The normalized spacial score (nSPS) is 17.7. The Bertz CT molecular complexity index is 1480. The number of rotatable bonds is 8. The van der Waals surface area contributed by atoms with E-state index in [2.05, 4.69) is 20.6 Å². The van der Waals surface area contributed by atoms with Gasteiger partial charge in [-0.1, -0.05) is 29.8 Å². The van der Waals surface area contributed by atoms with E-state index in [1.54, 1.807) is 18.3 Å². The third kappa shape index (κ3) is 5.52. The number of hydrogen-bond acceptors (Lipinski definition) is 9. The summed E-state index contributed by atoms with van der Waals surface area (Å²) in [7, 11) is 0. The van der Waals surface area contributed by atoms with Gasteiger partial charge in [0.25, 0.3) is 5.91 Å². The average Bonchev–Trinajstić information content (AvgIpc) is 3.59. The number of carbonyl (C=O) groups is 2. The van der Waals surface area contributed by atoms with Crippen molar-refractivity contribution in [2.24, 2.45) is 0 Å². The van der Waals surface area contributed by atoms with Gasteiger partial charge in [0.15, 0.2) is 11.5 Å². The van der Waals surface area contributed by atoms with Gasteiger partial charge >= 0.3 is 0 Å². The smallest absolute Gasteiger partial charge is 0.255 e. The molecule has 214 valence electrons. The Balaban J connectivity index is 1.17.